The van der Waals surface area contributed by atoms with E-state index >= 15 is 0 Å². The van der Waals surface area contributed by atoms with Gasteiger partial charge in [0, 0.05) is 23.5 Å². The van der Waals surface area contributed by atoms with Gasteiger partial charge in [0.2, 0.25) is 0 Å². The fourth-order valence-electron chi connectivity index (χ4n) is 1.47. The second-order valence-corrected chi connectivity index (χ2v) is 3.44. The van der Waals surface area contributed by atoms with Gasteiger partial charge in [-0.3, -0.25) is 0 Å². The molecule has 0 radical (unpaired) electrons. The molecule has 2 aromatic rings. The third-order valence-corrected chi connectivity index (χ3v) is 2.33. The van der Waals surface area contributed by atoms with Gasteiger partial charge < -0.3 is 5.11 Å². The maximum absolute atomic E-state index is 13.3. The largest absolute Gasteiger partial charge is 0.392 e. The van der Waals surface area contributed by atoms with Gasteiger partial charge in [-0.15, -0.1) is 0 Å². The molecule has 1 aromatic heterocycles. The van der Waals surface area contributed by atoms with Crippen LogP contribution < -0.4 is 0 Å². The SMILES string of the molecule is OCC=C(F)c1ccc(-c2cncnc2)cc1. The van der Waals surface area contributed by atoms with Gasteiger partial charge in [0.25, 0.3) is 0 Å². The third kappa shape index (κ3) is 2.73. The first-order chi connectivity index (χ1) is 8.31. The smallest absolute Gasteiger partial charge is 0.128 e. The maximum atomic E-state index is 13.3. The first-order valence-corrected chi connectivity index (χ1v) is 5.13. The van der Waals surface area contributed by atoms with Crippen molar-refractivity contribution in [3.63, 3.8) is 0 Å². The van der Waals surface area contributed by atoms with Crippen molar-refractivity contribution in [2.75, 3.05) is 6.61 Å². The molecule has 0 amide bonds. The van der Waals surface area contributed by atoms with Crippen LogP contribution in [0.1, 0.15) is 5.56 Å². The summed E-state index contributed by atoms with van der Waals surface area (Å²) in [7, 11) is 0. The Morgan fingerprint density at radius 3 is 2.35 bits per heavy atom. The first kappa shape index (κ1) is 11.4. The van der Waals surface area contributed by atoms with Crippen molar-refractivity contribution >= 4 is 5.83 Å². The van der Waals surface area contributed by atoms with Crippen molar-refractivity contribution in [3.05, 3.63) is 54.6 Å². The maximum Gasteiger partial charge on any atom is 0.128 e. The molecule has 0 aliphatic rings. The van der Waals surface area contributed by atoms with Crippen LogP contribution in [-0.4, -0.2) is 21.7 Å². The van der Waals surface area contributed by atoms with E-state index in [1.807, 2.05) is 0 Å². The number of rotatable bonds is 3. The minimum Gasteiger partial charge on any atom is -0.392 e. The summed E-state index contributed by atoms with van der Waals surface area (Å²) in [6.07, 6.45) is 5.98. The molecule has 0 fully saturated rings. The van der Waals surface area contributed by atoms with Gasteiger partial charge in [-0.25, -0.2) is 14.4 Å². The molecule has 1 heterocycles. The molecule has 4 heteroatoms. The molecule has 2 rings (SSSR count). The summed E-state index contributed by atoms with van der Waals surface area (Å²) in [5.41, 5.74) is 2.25. The molecular formula is C13H11FN2O. The first-order valence-electron chi connectivity index (χ1n) is 5.13. The Hall–Kier alpha value is -2.07. The van der Waals surface area contributed by atoms with Crippen LogP contribution in [0.3, 0.4) is 0 Å². The fraction of sp³-hybridized carbons (Fsp3) is 0.0769. The molecule has 3 nitrogen and oxygen atoms in total. The average molecular weight is 230 g/mol. The zero-order valence-electron chi connectivity index (χ0n) is 9.05. The molecule has 0 bridgehead atoms. The number of nitrogens with zero attached hydrogens (tertiary/aromatic N) is 2. The zero-order valence-corrected chi connectivity index (χ0v) is 9.05. The molecule has 0 aliphatic heterocycles. The fourth-order valence-corrected chi connectivity index (χ4v) is 1.47. The van der Waals surface area contributed by atoms with Gasteiger partial charge in [-0.2, -0.15) is 0 Å². The molecule has 17 heavy (non-hydrogen) atoms. The lowest BCUT2D eigenvalue weighted by Crippen LogP contribution is -1.84. The molecule has 1 aromatic carbocycles. The molecule has 0 spiro atoms. The van der Waals surface area contributed by atoms with Crippen molar-refractivity contribution in [3.8, 4) is 11.1 Å². The highest BCUT2D eigenvalue weighted by Crippen LogP contribution is 2.21. The lowest BCUT2D eigenvalue weighted by atomic mass is 10.1. The van der Waals surface area contributed by atoms with E-state index in [4.69, 9.17) is 5.11 Å². The van der Waals surface area contributed by atoms with Crippen molar-refractivity contribution < 1.29 is 9.50 Å². The number of benzene rings is 1. The summed E-state index contributed by atoms with van der Waals surface area (Å²) in [5, 5.41) is 8.60. The van der Waals surface area contributed by atoms with Crippen LogP contribution >= 0.6 is 0 Å². The van der Waals surface area contributed by atoms with Gasteiger partial charge in [0.05, 0.1) is 6.61 Å². The number of hydrogen-bond acceptors (Lipinski definition) is 3. The van der Waals surface area contributed by atoms with E-state index in [9.17, 15) is 4.39 Å². The Morgan fingerprint density at radius 1 is 1.12 bits per heavy atom. The second-order valence-electron chi connectivity index (χ2n) is 3.44. The summed E-state index contributed by atoms with van der Waals surface area (Å²) in [6.45, 7) is -0.305. The van der Waals surface area contributed by atoms with Crippen LogP contribution in [0.25, 0.3) is 17.0 Å². The molecule has 0 aliphatic carbocycles. The summed E-state index contributed by atoms with van der Waals surface area (Å²) >= 11 is 0. The van der Waals surface area contributed by atoms with E-state index < -0.39 is 5.83 Å². The number of aliphatic hydroxyl groups is 1. The lowest BCUT2D eigenvalue weighted by molar-refractivity contribution is 0.342. The number of aliphatic hydroxyl groups excluding tert-OH is 1. The second kappa shape index (κ2) is 5.32. The van der Waals surface area contributed by atoms with Crippen molar-refractivity contribution in [1.82, 2.24) is 9.97 Å². The highest BCUT2D eigenvalue weighted by atomic mass is 19.1. The highest BCUT2D eigenvalue weighted by Gasteiger charge is 2.01. The number of hydrogen-bond donors (Lipinski definition) is 1. The van der Waals surface area contributed by atoms with Gasteiger partial charge in [0.15, 0.2) is 0 Å². The van der Waals surface area contributed by atoms with E-state index in [1.54, 1.807) is 36.7 Å². The predicted octanol–water partition coefficient (Wildman–Crippen LogP) is 2.45. The summed E-state index contributed by atoms with van der Waals surface area (Å²) < 4.78 is 13.3. The Bertz CT molecular complexity index is 509. The molecule has 0 unspecified atom stereocenters. The Morgan fingerprint density at radius 2 is 1.76 bits per heavy atom. The Labute approximate surface area is 98.3 Å². The van der Waals surface area contributed by atoms with Gasteiger partial charge in [0.1, 0.15) is 12.2 Å². The molecule has 0 saturated carbocycles. The van der Waals surface area contributed by atoms with E-state index in [2.05, 4.69) is 9.97 Å². The van der Waals surface area contributed by atoms with E-state index in [0.717, 1.165) is 17.2 Å². The monoisotopic (exact) mass is 230 g/mol. The Balaban J connectivity index is 2.28. The molecule has 1 N–H and O–H groups in total. The summed E-state index contributed by atoms with van der Waals surface area (Å²) in [5.74, 6) is -0.427. The molecule has 86 valence electrons. The minimum atomic E-state index is -0.427. The molecule has 0 atom stereocenters. The number of aromatic nitrogens is 2. The highest BCUT2D eigenvalue weighted by molar-refractivity contribution is 5.66. The lowest BCUT2D eigenvalue weighted by Gasteiger charge is -2.02. The Kier molecular flexibility index (Phi) is 3.57. The van der Waals surface area contributed by atoms with Crippen LogP contribution in [0, 0.1) is 0 Å². The standard InChI is InChI=1S/C13H11FN2O/c14-13(5-6-17)11-3-1-10(2-4-11)12-7-15-9-16-8-12/h1-5,7-9,17H,6H2. The van der Waals surface area contributed by atoms with Crippen LogP contribution in [0.2, 0.25) is 0 Å². The summed E-state index contributed by atoms with van der Waals surface area (Å²) in [4.78, 5) is 7.84. The van der Waals surface area contributed by atoms with Crippen LogP contribution in [0.4, 0.5) is 4.39 Å². The van der Waals surface area contributed by atoms with Crippen LogP contribution in [-0.2, 0) is 0 Å². The third-order valence-electron chi connectivity index (χ3n) is 2.33. The van der Waals surface area contributed by atoms with Crippen molar-refractivity contribution in [1.29, 1.82) is 0 Å². The summed E-state index contributed by atoms with van der Waals surface area (Å²) in [6, 6.07) is 6.89. The van der Waals surface area contributed by atoms with Gasteiger partial charge in [-0.05, 0) is 11.6 Å². The molecular weight excluding hydrogens is 219 g/mol. The quantitative estimate of drug-likeness (QED) is 0.880. The van der Waals surface area contributed by atoms with E-state index in [1.165, 1.54) is 6.33 Å². The van der Waals surface area contributed by atoms with E-state index in [0.29, 0.717) is 5.56 Å². The van der Waals surface area contributed by atoms with E-state index in [-0.39, 0.29) is 6.61 Å². The normalized spacial score (nSPS) is 11.5. The average Bonchev–Trinajstić information content (AvgIpc) is 2.40. The van der Waals surface area contributed by atoms with Crippen molar-refractivity contribution in [2.24, 2.45) is 0 Å². The van der Waals surface area contributed by atoms with Crippen LogP contribution in [0.5, 0.6) is 0 Å². The number of halogens is 1. The van der Waals surface area contributed by atoms with Gasteiger partial charge >= 0.3 is 0 Å². The molecule has 0 saturated heterocycles. The topological polar surface area (TPSA) is 46.0 Å². The van der Waals surface area contributed by atoms with Crippen LogP contribution in [0.15, 0.2) is 49.1 Å². The van der Waals surface area contributed by atoms with Crippen molar-refractivity contribution in [2.45, 2.75) is 0 Å². The predicted molar refractivity (Wildman–Crippen MR) is 63.6 cm³/mol. The van der Waals surface area contributed by atoms with Gasteiger partial charge in [-0.1, -0.05) is 24.3 Å². The zero-order chi connectivity index (χ0) is 12.1. The minimum absolute atomic E-state index is 0.305.